The lowest BCUT2D eigenvalue weighted by atomic mass is 10.1. The zero-order valence-corrected chi connectivity index (χ0v) is 20.0. The van der Waals surface area contributed by atoms with E-state index in [9.17, 15) is 29.3 Å². The van der Waals surface area contributed by atoms with Crippen LogP contribution in [-0.2, 0) is 16.1 Å². The number of nitrogens with one attached hydrogen (secondary N) is 1. The Morgan fingerprint density at radius 1 is 1.08 bits per heavy atom. The number of rotatable bonds is 7. The van der Waals surface area contributed by atoms with Crippen molar-refractivity contribution in [3.8, 4) is 17.2 Å². The van der Waals surface area contributed by atoms with Crippen LogP contribution < -0.4 is 19.5 Å². The van der Waals surface area contributed by atoms with E-state index in [-0.39, 0.29) is 53.1 Å². The molecule has 0 saturated carbocycles. The van der Waals surface area contributed by atoms with Gasteiger partial charge in [-0.1, -0.05) is 0 Å². The van der Waals surface area contributed by atoms with Crippen LogP contribution in [0.5, 0.6) is 17.2 Å². The summed E-state index contributed by atoms with van der Waals surface area (Å²) in [6.45, 7) is -0.295. The summed E-state index contributed by atoms with van der Waals surface area (Å²) in [5.41, 5.74) is -0.475. The van der Waals surface area contributed by atoms with Crippen molar-refractivity contribution in [2.24, 2.45) is 0 Å². The van der Waals surface area contributed by atoms with E-state index < -0.39 is 28.8 Å². The summed E-state index contributed by atoms with van der Waals surface area (Å²) < 4.78 is 25.8. The maximum atomic E-state index is 13.0. The first-order valence-electron chi connectivity index (χ1n) is 11.2. The Morgan fingerprint density at radius 2 is 1.87 bits per heavy atom. The van der Waals surface area contributed by atoms with Crippen molar-refractivity contribution in [3.63, 3.8) is 0 Å². The van der Waals surface area contributed by atoms with E-state index in [0.29, 0.717) is 11.5 Å². The van der Waals surface area contributed by atoms with Crippen LogP contribution in [0.2, 0.25) is 0 Å². The molecule has 1 saturated heterocycles. The van der Waals surface area contributed by atoms with E-state index in [4.69, 9.17) is 18.6 Å². The standard InChI is InChI=1S/C25H17N3O11/c1-35-24(31)20-7-4-16(38-20)11-27-22(29)17(26-25(27)32)9-14-8-15(28(33)34)3-6-18(14)39-23(30)13-2-5-19-21(10-13)37-12-36-19/h2-10H,11-12H2,1H3,(H,26,32)/b17-9-. The van der Waals surface area contributed by atoms with Crippen LogP contribution in [-0.4, -0.2) is 47.6 Å². The third kappa shape index (κ3) is 4.98. The molecule has 3 heterocycles. The lowest BCUT2D eigenvalue weighted by molar-refractivity contribution is -0.384. The molecule has 14 nitrogen and oxygen atoms in total. The topological polar surface area (TPSA) is 177 Å². The highest BCUT2D eigenvalue weighted by molar-refractivity contribution is 6.14. The fraction of sp³-hybridized carbons (Fsp3) is 0.120. The first-order chi connectivity index (χ1) is 18.7. The molecule has 198 valence electrons. The van der Waals surface area contributed by atoms with Crippen LogP contribution in [0.3, 0.4) is 0 Å². The minimum absolute atomic E-state index is 0.0109. The molecule has 0 unspecified atom stereocenters. The second-order valence-electron chi connectivity index (χ2n) is 8.07. The average molecular weight is 535 g/mol. The van der Waals surface area contributed by atoms with Gasteiger partial charge in [0.25, 0.3) is 11.6 Å². The molecule has 0 radical (unpaired) electrons. The molecule has 1 aromatic heterocycles. The van der Waals surface area contributed by atoms with Gasteiger partial charge in [0.2, 0.25) is 12.6 Å². The van der Waals surface area contributed by atoms with Gasteiger partial charge in [0.05, 0.1) is 24.1 Å². The number of ether oxygens (including phenoxy) is 4. The summed E-state index contributed by atoms with van der Waals surface area (Å²) in [6, 6.07) is 9.77. The van der Waals surface area contributed by atoms with E-state index in [1.807, 2.05) is 0 Å². The Kier molecular flexibility index (Phi) is 6.42. The second-order valence-corrected chi connectivity index (χ2v) is 8.07. The molecule has 1 fully saturated rings. The predicted molar refractivity (Wildman–Crippen MR) is 128 cm³/mol. The molecule has 0 spiro atoms. The molecule has 2 aliphatic heterocycles. The van der Waals surface area contributed by atoms with Crippen LogP contribution in [0.4, 0.5) is 10.5 Å². The molecule has 0 atom stereocenters. The van der Waals surface area contributed by atoms with Crippen LogP contribution in [0.1, 0.15) is 32.2 Å². The quantitative estimate of drug-likeness (QED) is 0.117. The third-order valence-corrected chi connectivity index (χ3v) is 5.64. The number of nitro groups is 1. The summed E-state index contributed by atoms with van der Waals surface area (Å²) in [7, 11) is 1.17. The minimum Gasteiger partial charge on any atom is -0.463 e. The van der Waals surface area contributed by atoms with E-state index >= 15 is 0 Å². The molecule has 1 N–H and O–H groups in total. The van der Waals surface area contributed by atoms with E-state index in [1.54, 1.807) is 0 Å². The van der Waals surface area contributed by atoms with Gasteiger partial charge in [-0.2, -0.15) is 0 Å². The Balaban J connectivity index is 1.40. The number of carbonyl (C=O) groups is 4. The zero-order chi connectivity index (χ0) is 27.7. The van der Waals surface area contributed by atoms with Crippen molar-refractivity contribution in [3.05, 3.63) is 87.0 Å². The summed E-state index contributed by atoms with van der Waals surface area (Å²) in [4.78, 5) is 61.4. The van der Waals surface area contributed by atoms with Crippen molar-refractivity contribution in [2.45, 2.75) is 6.54 Å². The number of hydrogen-bond acceptors (Lipinski definition) is 11. The van der Waals surface area contributed by atoms with Gasteiger partial charge in [-0.15, -0.1) is 0 Å². The first-order valence-corrected chi connectivity index (χ1v) is 11.2. The third-order valence-electron chi connectivity index (χ3n) is 5.64. The number of urea groups is 1. The number of imide groups is 1. The molecule has 2 aromatic carbocycles. The zero-order valence-electron chi connectivity index (χ0n) is 20.0. The van der Waals surface area contributed by atoms with E-state index in [0.717, 1.165) is 23.1 Å². The lowest BCUT2D eigenvalue weighted by Crippen LogP contribution is -2.30. The summed E-state index contributed by atoms with van der Waals surface area (Å²) in [5, 5.41) is 13.7. The van der Waals surface area contributed by atoms with Gasteiger partial charge in [0.1, 0.15) is 17.2 Å². The fourth-order valence-corrected chi connectivity index (χ4v) is 3.74. The fourth-order valence-electron chi connectivity index (χ4n) is 3.74. The summed E-state index contributed by atoms with van der Waals surface area (Å²) in [5.74, 6) is -1.58. The molecule has 39 heavy (non-hydrogen) atoms. The Bertz CT molecular complexity index is 1570. The first kappa shape index (κ1) is 25.0. The number of nitrogens with zero attached hydrogens (tertiary/aromatic N) is 2. The summed E-state index contributed by atoms with van der Waals surface area (Å²) >= 11 is 0. The van der Waals surface area contributed by atoms with Crippen molar-refractivity contribution in [1.82, 2.24) is 10.2 Å². The Labute approximate surface area is 218 Å². The number of benzene rings is 2. The molecular formula is C25H17N3O11. The van der Waals surface area contributed by atoms with Crippen LogP contribution in [0, 0.1) is 10.1 Å². The number of amides is 3. The molecular weight excluding hydrogens is 518 g/mol. The van der Waals surface area contributed by atoms with Gasteiger partial charge in [0.15, 0.2) is 11.5 Å². The number of nitro benzene ring substituents is 1. The maximum absolute atomic E-state index is 13.0. The van der Waals surface area contributed by atoms with Gasteiger partial charge in [-0.25, -0.2) is 14.4 Å². The van der Waals surface area contributed by atoms with Crippen molar-refractivity contribution in [2.75, 3.05) is 13.9 Å². The number of methoxy groups -OCH3 is 1. The van der Waals surface area contributed by atoms with Gasteiger partial charge >= 0.3 is 18.0 Å². The van der Waals surface area contributed by atoms with Crippen LogP contribution in [0.25, 0.3) is 6.08 Å². The number of esters is 2. The maximum Gasteiger partial charge on any atom is 0.373 e. The minimum atomic E-state index is -0.801. The highest BCUT2D eigenvalue weighted by Crippen LogP contribution is 2.33. The Hall–Kier alpha value is -5.66. The highest BCUT2D eigenvalue weighted by Gasteiger charge is 2.35. The molecule has 5 rings (SSSR count). The van der Waals surface area contributed by atoms with Gasteiger partial charge in [0, 0.05) is 17.7 Å². The highest BCUT2D eigenvalue weighted by atomic mass is 16.7. The molecule has 0 aliphatic carbocycles. The number of carbonyl (C=O) groups excluding carboxylic acids is 4. The van der Waals surface area contributed by atoms with Crippen molar-refractivity contribution >= 4 is 35.6 Å². The molecule has 14 heteroatoms. The second kappa shape index (κ2) is 10.0. The number of furan rings is 1. The van der Waals surface area contributed by atoms with E-state index in [2.05, 4.69) is 10.1 Å². The Morgan fingerprint density at radius 3 is 2.64 bits per heavy atom. The van der Waals surface area contributed by atoms with Gasteiger partial charge in [-0.05, 0) is 42.5 Å². The van der Waals surface area contributed by atoms with E-state index in [1.165, 1.54) is 43.5 Å². The monoisotopic (exact) mass is 535 g/mol. The normalized spacial score (nSPS) is 14.9. The SMILES string of the molecule is COC(=O)c1ccc(CN2C(=O)N/C(=C\c3cc([N+](=O)[O-])ccc3OC(=O)c3ccc4c(c3)OCO4)C2=O)o1. The molecule has 2 aliphatic rings. The van der Waals surface area contributed by atoms with Crippen LogP contribution >= 0.6 is 0 Å². The molecule has 3 amide bonds. The van der Waals surface area contributed by atoms with Gasteiger partial charge in [-0.3, -0.25) is 19.8 Å². The van der Waals surface area contributed by atoms with Crippen molar-refractivity contribution in [1.29, 1.82) is 0 Å². The predicted octanol–water partition coefficient (Wildman–Crippen LogP) is 3.02. The summed E-state index contributed by atoms with van der Waals surface area (Å²) in [6.07, 6.45) is 1.15. The van der Waals surface area contributed by atoms with Crippen molar-refractivity contribution < 1.29 is 47.5 Å². The lowest BCUT2D eigenvalue weighted by Gasteiger charge is -2.10. The molecule has 3 aromatic rings. The largest absolute Gasteiger partial charge is 0.463 e. The smallest absolute Gasteiger partial charge is 0.373 e. The number of hydrogen-bond donors (Lipinski definition) is 1. The van der Waals surface area contributed by atoms with Gasteiger partial charge < -0.3 is 28.7 Å². The molecule has 0 bridgehead atoms. The average Bonchev–Trinajstić information content (AvgIpc) is 3.65. The number of non-ortho nitro benzene ring substituents is 1. The number of fused-ring (bicyclic) bond motifs is 1. The van der Waals surface area contributed by atoms with Crippen LogP contribution in [0.15, 0.2) is 58.6 Å².